The Labute approximate surface area is 125 Å². The highest BCUT2D eigenvalue weighted by molar-refractivity contribution is 5.77. The molecule has 0 fully saturated rings. The molecule has 1 atom stereocenters. The first-order chi connectivity index (χ1) is 9.78. The second-order valence-electron chi connectivity index (χ2n) is 5.82. The molecule has 0 aliphatic carbocycles. The molecule has 0 bridgehead atoms. The van der Waals surface area contributed by atoms with Gasteiger partial charge in [0.25, 0.3) is 0 Å². The number of esters is 2. The molecule has 0 saturated heterocycles. The smallest absolute Gasteiger partial charge is 0.323 e. The number of benzene rings is 1. The van der Waals surface area contributed by atoms with Gasteiger partial charge in [-0.15, -0.1) is 0 Å². The van der Waals surface area contributed by atoms with Gasteiger partial charge in [-0.1, -0.05) is 30.3 Å². The van der Waals surface area contributed by atoms with Crippen molar-refractivity contribution in [1.82, 2.24) is 0 Å². The van der Waals surface area contributed by atoms with E-state index in [4.69, 9.17) is 15.2 Å². The fraction of sp³-hybridized carbons (Fsp3) is 0.500. The molecule has 0 spiro atoms. The van der Waals surface area contributed by atoms with Crippen LogP contribution in [0.2, 0.25) is 0 Å². The van der Waals surface area contributed by atoms with Crippen molar-refractivity contribution in [2.45, 2.75) is 51.9 Å². The van der Waals surface area contributed by atoms with Crippen LogP contribution in [0.1, 0.15) is 39.2 Å². The molecule has 5 nitrogen and oxygen atoms in total. The highest BCUT2D eigenvalue weighted by Crippen LogP contribution is 2.10. The van der Waals surface area contributed by atoms with Crippen LogP contribution in [0.3, 0.4) is 0 Å². The van der Waals surface area contributed by atoms with Gasteiger partial charge < -0.3 is 15.2 Å². The van der Waals surface area contributed by atoms with E-state index in [9.17, 15) is 9.59 Å². The molecule has 1 unspecified atom stereocenters. The maximum Gasteiger partial charge on any atom is 0.323 e. The Morgan fingerprint density at radius 1 is 1.19 bits per heavy atom. The zero-order valence-corrected chi connectivity index (χ0v) is 12.8. The van der Waals surface area contributed by atoms with Crippen molar-refractivity contribution in [3.05, 3.63) is 35.9 Å². The summed E-state index contributed by atoms with van der Waals surface area (Å²) in [6, 6.07) is 8.52. The van der Waals surface area contributed by atoms with Crippen molar-refractivity contribution < 1.29 is 19.1 Å². The van der Waals surface area contributed by atoms with Crippen LogP contribution in [-0.2, 0) is 25.7 Å². The lowest BCUT2D eigenvalue weighted by Crippen LogP contribution is -2.33. The van der Waals surface area contributed by atoms with Gasteiger partial charge in [0.1, 0.15) is 18.2 Å². The highest BCUT2D eigenvalue weighted by atomic mass is 16.6. The number of carbonyl (C=O) groups is 2. The monoisotopic (exact) mass is 293 g/mol. The third kappa shape index (κ3) is 7.46. The molecule has 1 aromatic carbocycles. The van der Waals surface area contributed by atoms with E-state index in [-0.39, 0.29) is 25.4 Å². The molecule has 116 valence electrons. The minimum Gasteiger partial charge on any atom is -0.460 e. The summed E-state index contributed by atoms with van der Waals surface area (Å²) in [5.41, 5.74) is 6.07. The second kappa shape index (κ2) is 7.78. The number of hydrogen-bond acceptors (Lipinski definition) is 5. The third-order valence-electron chi connectivity index (χ3n) is 2.61. The van der Waals surface area contributed by atoms with Crippen molar-refractivity contribution in [2.75, 3.05) is 0 Å². The summed E-state index contributed by atoms with van der Waals surface area (Å²) in [5.74, 6) is -0.878. The van der Waals surface area contributed by atoms with Crippen molar-refractivity contribution in [3.63, 3.8) is 0 Å². The molecule has 0 radical (unpaired) electrons. The lowest BCUT2D eigenvalue weighted by Gasteiger charge is -2.20. The summed E-state index contributed by atoms with van der Waals surface area (Å²) in [4.78, 5) is 23.2. The third-order valence-corrected chi connectivity index (χ3v) is 2.61. The van der Waals surface area contributed by atoms with Crippen molar-refractivity contribution in [2.24, 2.45) is 5.73 Å². The number of hydrogen-bond donors (Lipinski definition) is 1. The summed E-state index contributed by atoms with van der Waals surface area (Å²) in [7, 11) is 0. The predicted octanol–water partition coefficient (Wildman–Crippen LogP) is 2.18. The maximum absolute atomic E-state index is 11.7. The molecule has 0 aliphatic rings. The summed E-state index contributed by atoms with van der Waals surface area (Å²) in [6.07, 6.45) is 0.307. The molecular weight excluding hydrogens is 270 g/mol. The molecule has 0 heterocycles. The Bertz CT molecular complexity index is 465. The van der Waals surface area contributed by atoms with E-state index in [1.165, 1.54) is 0 Å². The molecule has 5 heteroatoms. The van der Waals surface area contributed by atoms with Crippen LogP contribution in [0.4, 0.5) is 0 Å². The molecular formula is C16H23NO4. The summed E-state index contributed by atoms with van der Waals surface area (Å²) >= 11 is 0. The molecule has 21 heavy (non-hydrogen) atoms. The minimum absolute atomic E-state index is 0.0961. The van der Waals surface area contributed by atoms with E-state index < -0.39 is 17.6 Å². The first-order valence-electron chi connectivity index (χ1n) is 6.96. The van der Waals surface area contributed by atoms with Gasteiger partial charge in [-0.25, -0.2) is 0 Å². The van der Waals surface area contributed by atoms with Gasteiger partial charge >= 0.3 is 11.9 Å². The first-order valence-corrected chi connectivity index (χ1v) is 6.96. The van der Waals surface area contributed by atoms with E-state index in [1.807, 2.05) is 30.3 Å². The van der Waals surface area contributed by atoms with E-state index in [0.29, 0.717) is 0 Å². The SMILES string of the molecule is CC(C)(C)OC(=O)CCC(N)C(=O)OCc1ccccc1. The molecule has 0 aliphatic heterocycles. The lowest BCUT2D eigenvalue weighted by atomic mass is 10.1. The highest BCUT2D eigenvalue weighted by Gasteiger charge is 2.20. The Morgan fingerprint density at radius 3 is 2.38 bits per heavy atom. The van der Waals surface area contributed by atoms with Gasteiger partial charge in [0.05, 0.1) is 0 Å². The summed E-state index contributed by atoms with van der Waals surface area (Å²) in [6.45, 7) is 5.55. The van der Waals surface area contributed by atoms with Crippen LogP contribution in [0.25, 0.3) is 0 Å². The zero-order valence-electron chi connectivity index (χ0n) is 12.8. The maximum atomic E-state index is 11.7. The van der Waals surface area contributed by atoms with E-state index in [2.05, 4.69) is 0 Å². The normalized spacial score (nSPS) is 12.6. The van der Waals surface area contributed by atoms with E-state index >= 15 is 0 Å². The van der Waals surface area contributed by atoms with Crippen molar-refractivity contribution in [3.8, 4) is 0 Å². The molecule has 0 aromatic heterocycles. The fourth-order valence-corrected chi connectivity index (χ4v) is 1.62. The van der Waals surface area contributed by atoms with Gasteiger partial charge in [0.15, 0.2) is 0 Å². The topological polar surface area (TPSA) is 78.6 Å². The lowest BCUT2D eigenvalue weighted by molar-refractivity contribution is -0.155. The zero-order chi connectivity index (χ0) is 15.9. The average molecular weight is 293 g/mol. The number of rotatable bonds is 6. The predicted molar refractivity (Wildman–Crippen MR) is 79.3 cm³/mol. The van der Waals surface area contributed by atoms with Crippen LogP contribution in [0.5, 0.6) is 0 Å². The van der Waals surface area contributed by atoms with Gasteiger partial charge in [-0.2, -0.15) is 0 Å². The Kier molecular flexibility index (Phi) is 6.37. The van der Waals surface area contributed by atoms with Crippen LogP contribution >= 0.6 is 0 Å². The van der Waals surface area contributed by atoms with Gasteiger partial charge in [0, 0.05) is 6.42 Å². The molecule has 2 N–H and O–H groups in total. The van der Waals surface area contributed by atoms with E-state index in [1.54, 1.807) is 20.8 Å². The largest absolute Gasteiger partial charge is 0.460 e. The molecule has 0 saturated carbocycles. The van der Waals surface area contributed by atoms with Gasteiger partial charge in [0.2, 0.25) is 0 Å². The standard InChI is InChI=1S/C16H23NO4/c1-16(2,3)21-14(18)10-9-13(17)15(19)20-11-12-7-5-4-6-8-12/h4-8,13H,9-11,17H2,1-3H3. The fourth-order valence-electron chi connectivity index (χ4n) is 1.62. The van der Waals surface area contributed by atoms with Crippen LogP contribution in [-0.4, -0.2) is 23.6 Å². The second-order valence-corrected chi connectivity index (χ2v) is 5.82. The first kappa shape index (κ1) is 17.2. The van der Waals surface area contributed by atoms with Gasteiger partial charge in [-0.3, -0.25) is 9.59 Å². The summed E-state index contributed by atoms with van der Waals surface area (Å²) in [5, 5.41) is 0. The number of carbonyl (C=O) groups excluding carboxylic acids is 2. The minimum atomic E-state index is -0.818. The quantitative estimate of drug-likeness (QED) is 0.813. The Hall–Kier alpha value is -1.88. The van der Waals surface area contributed by atoms with E-state index in [0.717, 1.165) is 5.56 Å². The van der Waals surface area contributed by atoms with Crippen LogP contribution < -0.4 is 5.73 Å². The molecule has 0 amide bonds. The molecule has 1 rings (SSSR count). The number of ether oxygens (including phenoxy) is 2. The molecule has 1 aromatic rings. The number of nitrogens with two attached hydrogens (primary N) is 1. The van der Waals surface area contributed by atoms with Crippen LogP contribution in [0.15, 0.2) is 30.3 Å². The van der Waals surface area contributed by atoms with Crippen LogP contribution in [0, 0.1) is 0 Å². The average Bonchev–Trinajstić information content (AvgIpc) is 2.41. The Balaban J connectivity index is 2.30. The van der Waals surface area contributed by atoms with Crippen molar-refractivity contribution >= 4 is 11.9 Å². The van der Waals surface area contributed by atoms with Crippen molar-refractivity contribution in [1.29, 1.82) is 0 Å². The Morgan fingerprint density at radius 2 is 1.81 bits per heavy atom. The van der Waals surface area contributed by atoms with Gasteiger partial charge in [-0.05, 0) is 32.8 Å². The summed E-state index contributed by atoms with van der Waals surface area (Å²) < 4.78 is 10.3.